The van der Waals surface area contributed by atoms with Crippen molar-refractivity contribution < 1.29 is 4.79 Å². The number of fused-ring (bicyclic) bond motifs is 1. The third-order valence-electron chi connectivity index (χ3n) is 3.73. The summed E-state index contributed by atoms with van der Waals surface area (Å²) >= 11 is 6.06. The summed E-state index contributed by atoms with van der Waals surface area (Å²) in [4.78, 5) is 25.2. The van der Waals surface area contributed by atoms with Crippen LogP contribution in [0.15, 0.2) is 35.3 Å². The zero-order valence-corrected chi connectivity index (χ0v) is 15.8. The van der Waals surface area contributed by atoms with E-state index >= 15 is 0 Å². The molecule has 1 N–H and O–H groups in total. The van der Waals surface area contributed by atoms with Gasteiger partial charge in [-0.2, -0.15) is 10.2 Å². The lowest BCUT2D eigenvalue weighted by molar-refractivity contribution is -0.123. The molecular formula is C18H20ClN5O2. The molecule has 26 heavy (non-hydrogen) atoms. The minimum Gasteiger partial charge on any atom is -0.350 e. The molecule has 3 aromatic rings. The Morgan fingerprint density at radius 2 is 2.04 bits per heavy atom. The zero-order chi connectivity index (χ0) is 19.1. The minimum absolute atomic E-state index is 0.159. The van der Waals surface area contributed by atoms with E-state index in [0.717, 1.165) is 0 Å². The Kier molecular flexibility index (Phi) is 4.58. The summed E-state index contributed by atoms with van der Waals surface area (Å²) in [6.45, 7) is 7.26. The average Bonchev–Trinajstić information content (AvgIpc) is 2.96. The lowest BCUT2D eigenvalue weighted by atomic mass is 10.1. The van der Waals surface area contributed by atoms with E-state index in [2.05, 4.69) is 15.5 Å². The molecule has 0 aliphatic heterocycles. The van der Waals surface area contributed by atoms with E-state index in [9.17, 15) is 9.59 Å². The van der Waals surface area contributed by atoms with Crippen molar-refractivity contribution in [3.63, 3.8) is 0 Å². The van der Waals surface area contributed by atoms with E-state index in [0.29, 0.717) is 27.3 Å². The zero-order valence-electron chi connectivity index (χ0n) is 15.1. The number of carbonyl (C=O) groups is 1. The number of hydrogen-bond acceptors (Lipinski definition) is 4. The fourth-order valence-electron chi connectivity index (χ4n) is 2.73. The molecule has 2 aromatic heterocycles. The Morgan fingerprint density at radius 3 is 2.69 bits per heavy atom. The Bertz CT molecular complexity index is 1050. The normalized spacial score (nSPS) is 11.7. The van der Waals surface area contributed by atoms with Crippen LogP contribution in [0.2, 0.25) is 5.02 Å². The molecule has 0 saturated heterocycles. The molecule has 0 spiro atoms. The molecule has 0 atom stereocenters. The Hall–Kier alpha value is -2.67. The van der Waals surface area contributed by atoms with Gasteiger partial charge in [0.05, 0.1) is 17.6 Å². The summed E-state index contributed by atoms with van der Waals surface area (Å²) in [5, 5.41) is 12.6. The van der Waals surface area contributed by atoms with Crippen LogP contribution in [0.5, 0.6) is 0 Å². The molecule has 0 radical (unpaired) electrons. The van der Waals surface area contributed by atoms with Crippen LogP contribution in [0.1, 0.15) is 26.5 Å². The van der Waals surface area contributed by atoms with Crippen molar-refractivity contribution in [1.29, 1.82) is 0 Å². The molecule has 0 unspecified atom stereocenters. The second-order valence-corrected chi connectivity index (χ2v) is 7.58. The quantitative estimate of drug-likeness (QED) is 0.764. The number of halogens is 1. The van der Waals surface area contributed by atoms with Gasteiger partial charge < -0.3 is 5.32 Å². The van der Waals surface area contributed by atoms with Crippen molar-refractivity contribution in [2.24, 2.45) is 0 Å². The van der Waals surface area contributed by atoms with Crippen molar-refractivity contribution in [2.45, 2.75) is 39.8 Å². The molecular weight excluding hydrogens is 354 g/mol. The van der Waals surface area contributed by atoms with Crippen molar-refractivity contribution >= 4 is 28.4 Å². The van der Waals surface area contributed by atoms with Gasteiger partial charge >= 0.3 is 0 Å². The number of aryl methyl sites for hydroxylation is 1. The molecule has 136 valence electrons. The molecule has 1 amide bonds. The van der Waals surface area contributed by atoms with Gasteiger partial charge in [-0.25, -0.2) is 9.36 Å². The number of benzene rings is 1. The van der Waals surface area contributed by atoms with Gasteiger partial charge in [-0.1, -0.05) is 17.7 Å². The lowest BCUT2D eigenvalue weighted by Gasteiger charge is -2.20. The summed E-state index contributed by atoms with van der Waals surface area (Å²) in [6.07, 6.45) is 1.60. The van der Waals surface area contributed by atoms with Crippen LogP contribution < -0.4 is 10.9 Å². The molecule has 7 nitrogen and oxygen atoms in total. The van der Waals surface area contributed by atoms with Crippen molar-refractivity contribution in [3.8, 4) is 5.69 Å². The first-order valence-corrected chi connectivity index (χ1v) is 8.56. The van der Waals surface area contributed by atoms with Gasteiger partial charge in [0, 0.05) is 15.9 Å². The van der Waals surface area contributed by atoms with E-state index in [1.54, 1.807) is 31.3 Å². The topological polar surface area (TPSA) is 81.8 Å². The van der Waals surface area contributed by atoms with Crippen molar-refractivity contribution in [1.82, 2.24) is 24.9 Å². The number of nitrogens with one attached hydrogen (secondary N) is 1. The predicted octanol–water partition coefficient (Wildman–Crippen LogP) is 2.46. The highest BCUT2D eigenvalue weighted by molar-refractivity contribution is 6.30. The summed E-state index contributed by atoms with van der Waals surface area (Å²) < 4.78 is 2.69. The monoisotopic (exact) mass is 373 g/mol. The number of hydrogen-bond donors (Lipinski definition) is 1. The van der Waals surface area contributed by atoms with Gasteiger partial charge in [0.1, 0.15) is 12.1 Å². The number of rotatable bonds is 3. The molecule has 3 rings (SSSR count). The maximum Gasteiger partial charge on any atom is 0.293 e. The van der Waals surface area contributed by atoms with Crippen LogP contribution in [-0.4, -0.2) is 31.0 Å². The van der Waals surface area contributed by atoms with Gasteiger partial charge in [-0.05, 0) is 45.9 Å². The first kappa shape index (κ1) is 18.1. The fraction of sp³-hybridized carbons (Fsp3) is 0.333. The minimum atomic E-state index is -0.387. The maximum absolute atomic E-state index is 12.9. The molecule has 0 aliphatic carbocycles. The van der Waals surface area contributed by atoms with Crippen LogP contribution in [-0.2, 0) is 11.3 Å². The molecule has 0 bridgehead atoms. The van der Waals surface area contributed by atoms with Crippen molar-refractivity contribution in [3.05, 3.63) is 51.5 Å². The van der Waals surface area contributed by atoms with Gasteiger partial charge in [-0.15, -0.1) is 0 Å². The number of nitrogens with zero attached hydrogens (tertiary/aromatic N) is 4. The molecule has 1 aromatic carbocycles. The second-order valence-electron chi connectivity index (χ2n) is 7.14. The fourth-order valence-corrected chi connectivity index (χ4v) is 2.91. The summed E-state index contributed by atoms with van der Waals surface area (Å²) in [5.74, 6) is -0.278. The predicted molar refractivity (Wildman–Crippen MR) is 101 cm³/mol. The first-order chi connectivity index (χ1) is 12.2. The molecule has 0 fully saturated rings. The van der Waals surface area contributed by atoms with E-state index in [-0.39, 0.29) is 23.6 Å². The Labute approximate surface area is 155 Å². The first-order valence-electron chi connectivity index (χ1n) is 8.18. The van der Waals surface area contributed by atoms with Crippen LogP contribution in [0.3, 0.4) is 0 Å². The highest BCUT2D eigenvalue weighted by Gasteiger charge is 2.19. The third-order valence-corrected chi connectivity index (χ3v) is 3.96. The van der Waals surface area contributed by atoms with E-state index in [4.69, 9.17) is 11.6 Å². The molecule has 2 heterocycles. The van der Waals surface area contributed by atoms with Crippen LogP contribution >= 0.6 is 11.6 Å². The van der Waals surface area contributed by atoms with Crippen LogP contribution in [0, 0.1) is 6.92 Å². The molecule has 0 aliphatic rings. The maximum atomic E-state index is 12.9. The standard InChI is InChI=1S/C18H20ClN5O2/c1-11-14-9-20-24(13-7-5-6-12(19)8-13)16(14)17(26)23(22-11)10-15(25)21-18(2,3)4/h5-9H,10H2,1-4H3,(H,21,25). The molecule has 8 heteroatoms. The second kappa shape index (κ2) is 6.57. The van der Waals surface area contributed by atoms with E-state index < -0.39 is 0 Å². The Balaban J connectivity index is 2.10. The van der Waals surface area contributed by atoms with E-state index in [1.807, 2.05) is 26.8 Å². The SMILES string of the molecule is Cc1nn(CC(=O)NC(C)(C)C)c(=O)c2c1cnn2-c1cccc(Cl)c1. The average molecular weight is 374 g/mol. The van der Waals surface area contributed by atoms with Gasteiger partial charge in [0.15, 0.2) is 0 Å². The van der Waals surface area contributed by atoms with Crippen molar-refractivity contribution in [2.75, 3.05) is 0 Å². The smallest absolute Gasteiger partial charge is 0.293 e. The number of aromatic nitrogens is 4. The highest BCUT2D eigenvalue weighted by atomic mass is 35.5. The molecule has 0 saturated carbocycles. The van der Waals surface area contributed by atoms with Gasteiger partial charge in [0.25, 0.3) is 5.56 Å². The highest BCUT2D eigenvalue weighted by Crippen LogP contribution is 2.19. The lowest BCUT2D eigenvalue weighted by Crippen LogP contribution is -2.44. The van der Waals surface area contributed by atoms with Gasteiger partial charge in [0.2, 0.25) is 5.91 Å². The third kappa shape index (κ3) is 3.62. The van der Waals surface area contributed by atoms with E-state index in [1.165, 1.54) is 9.36 Å². The summed E-state index contributed by atoms with van der Waals surface area (Å²) in [6, 6.07) is 7.07. The van der Waals surface area contributed by atoms with Crippen LogP contribution in [0.4, 0.5) is 0 Å². The summed E-state index contributed by atoms with van der Waals surface area (Å²) in [5.41, 5.74) is 0.885. The summed E-state index contributed by atoms with van der Waals surface area (Å²) in [7, 11) is 0. The Morgan fingerprint density at radius 1 is 1.31 bits per heavy atom. The van der Waals surface area contributed by atoms with Crippen LogP contribution in [0.25, 0.3) is 16.6 Å². The number of amides is 1. The van der Waals surface area contributed by atoms with Gasteiger partial charge in [-0.3, -0.25) is 9.59 Å². The number of carbonyl (C=O) groups excluding carboxylic acids is 1. The largest absolute Gasteiger partial charge is 0.350 e.